The van der Waals surface area contributed by atoms with Gasteiger partial charge in [-0.2, -0.15) is 5.10 Å². The Morgan fingerprint density at radius 2 is 2.00 bits per heavy atom. The largest absolute Gasteiger partial charge is 0.334 e. The molecule has 12 heteroatoms. The van der Waals surface area contributed by atoms with E-state index in [0.29, 0.717) is 20.8 Å². The molecular weight excluding hydrogens is 548 g/mol. The van der Waals surface area contributed by atoms with Gasteiger partial charge < -0.3 is 11.2 Å². The van der Waals surface area contributed by atoms with Crippen molar-refractivity contribution < 1.29 is 4.79 Å². The van der Waals surface area contributed by atoms with E-state index in [1.54, 1.807) is 18.2 Å². The zero-order valence-corrected chi connectivity index (χ0v) is 19.1. The molecule has 0 spiro atoms. The molecule has 29 heavy (non-hydrogen) atoms. The zero-order chi connectivity index (χ0) is 20.8. The molecule has 0 aliphatic rings. The molecule has 0 aliphatic heterocycles. The van der Waals surface area contributed by atoms with E-state index in [0.717, 1.165) is 21.0 Å². The number of rotatable bonds is 7. The summed E-state index contributed by atoms with van der Waals surface area (Å²) >= 11 is 15.3. The van der Waals surface area contributed by atoms with Gasteiger partial charge in [-0.05, 0) is 59.0 Å². The number of nitrogens with two attached hydrogens (primary N) is 1. The second-order valence-corrected chi connectivity index (χ2v) is 8.59. The number of carbonyl (C=O) groups excluding carboxylic acids is 1. The second kappa shape index (κ2) is 10.1. The molecule has 150 valence electrons. The highest BCUT2D eigenvalue weighted by Crippen LogP contribution is 2.20. The predicted molar refractivity (Wildman–Crippen MR) is 126 cm³/mol. The fourth-order valence-electron chi connectivity index (χ4n) is 2.08. The number of hydrogen-bond acceptors (Lipinski definition) is 7. The molecule has 0 bridgehead atoms. The maximum atomic E-state index is 12.1. The number of benzene rings is 2. The van der Waals surface area contributed by atoms with Gasteiger partial charge in [-0.15, -0.1) is 10.2 Å². The monoisotopic (exact) mass is 561 g/mol. The number of halogens is 3. The Kier molecular flexibility index (Phi) is 7.58. The van der Waals surface area contributed by atoms with Gasteiger partial charge in [-0.3, -0.25) is 4.79 Å². The highest BCUT2D eigenvalue weighted by Gasteiger charge is 2.12. The first-order chi connectivity index (χ1) is 13.9. The first-order valence-electron chi connectivity index (χ1n) is 8.05. The van der Waals surface area contributed by atoms with Gasteiger partial charge in [-0.1, -0.05) is 41.0 Å². The van der Waals surface area contributed by atoms with Crippen molar-refractivity contribution >= 4 is 81.3 Å². The van der Waals surface area contributed by atoms with Crippen LogP contribution < -0.4 is 16.6 Å². The van der Waals surface area contributed by atoms with Crippen LogP contribution in [-0.2, 0) is 4.79 Å². The van der Waals surface area contributed by atoms with Crippen molar-refractivity contribution in [3.05, 3.63) is 61.6 Å². The van der Waals surface area contributed by atoms with Gasteiger partial charge in [0.05, 0.1) is 17.0 Å². The van der Waals surface area contributed by atoms with Gasteiger partial charge in [0.25, 0.3) is 5.95 Å². The lowest BCUT2D eigenvalue weighted by atomic mass is 10.2. The molecule has 0 saturated carbocycles. The predicted octanol–water partition coefficient (Wildman–Crippen LogP) is 4.08. The number of carbonyl (C=O) groups is 1. The molecule has 1 aromatic heterocycles. The molecular formula is C17H14Cl2IN7OS. The fourth-order valence-corrected chi connectivity index (χ4v) is 3.55. The van der Waals surface area contributed by atoms with Crippen LogP contribution in [0.15, 0.2) is 52.7 Å². The van der Waals surface area contributed by atoms with Gasteiger partial charge in [0, 0.05) is 19.8 Å². The first-order valence-corrected chi connectivity index (χ1v) is 10.9. The van der Waals surface area contributed by atoms with Gasteiger partial charge in [-0.25, -0.2) is 10.1 Å². The maximum absolute atomic E-state index is 12.1. The average molecular weight is 562 g/mol. The summed E-state index contributed by atoms with van der Waals surface area (Å²) in [5.74, 6) is 6.11. The molecule has 1 heterocycles. The smallest absolute Gasteiger partial charge is 0.264 e. The van der Waals surface area contributed by atoms with Crippen molar-refractivity contribution in [2.75, 3.05) is 22.3 Å². The van der Waals surface area contributed by atoms with Crippen LogP contribution in [0.25, 0.3) is 0 Å². The molecule has 0 unspecified atom stereocenters. The molecule has 4 N–H and O–H groups in total. The highest BCUT2D eigenvalue weighted by atomic mass is 127. The fraction of sp³-hybridized carbons (Fsp3) is 0.0588. The van der Waals surface area contributed by atoms with Crippen LogP contribution in [0.3, 0.4) is 0 Å². The van der Waals surface area contributed by atoms with Crippen LogP contribution in [0.4, 0.5) is 11.6 Å². The van der Waals surface area contributed by atoms with Crippen molar-refractivity contribution in [1.82, 2.24) is 14.9 Å². The molecule has 1 amide bonds. The summed E-state index contributed by atoms with van der Waals surface area (Å²) in [7, 11) is 0. The van der Waals surface area contributed by atoms with E-state index in [1.165, 1.54) is 10.9 Å². The lowest BCUT2D eigenvalue weighted by Gasteiger charge is -2.05. The van der Waals surface area contributed by atoms with Crippen LogP contribution in [-0.4, -0.2) is 32.7 Å². The van der Waals surface area contributed by atoms with Gasteiger partial charge >= 0.3 is 0 Å². The Labute approximate surface area is 194 Å². The maximum Gasteiger partial charge on any atom is 0.264 e. The SMILES string of the molecule is Nn1c(N/N=C/c2ccc(Cl)cc2Cl)nnc1SCC(=O)Nc1ccc(I)cc1. The Morgan fingerprint density at radius 1 is 1.24 bits per heavy atom. The number of amides is 1. The third kappa shape index (κ3) is 6.23. The van der Waals surface area contributed by atoms with Crippen LogP contribution in [0.5, 0.6) is 0 Å². The van der Waals surface area contributed by atoms with E-state index < -0.39 is 0 Å². The summed E-state index contributed by atoms with van der Waals surface area (Å²) in [6, 6.07) is 12.6. The zero-order valence-electron chi connectivity index (χ0n) is 14.6. The number of hydrazone groups is 1. The Morgan fingerprint density at radius 3 is 2.72 bits per heavy atom. The lowest BCUT2D eigenvalue weighted by Crippen LogP contribution is -2.16. The molecule has 0 aliphatic carbocycles. The van der Waals surface area contributed by atoms with Crippen molar-refractivity contribution in [3.63, 3.8) is 0 Å². The van der Waals surface area contributed by atoms with E-state index in [4.69, 9.17) is 29.0 Å². The minimum Gasteiger partial charge on any atom is -0.334 e. The summed E-state index contributed by atoms with van der Waals surface area (Å²) in [6.07, 6.45) is 1.51. The minimum atomic E-state index is -0.177. The molecule has 0 atom stereocenters. The molecule has 8 nitrogen and oxygen atoms in total. The third-order valence-corrected chi connectivity index (χ3v) is 5.68. The third-order valence-electron chi connectivity index (χ3n) is 3.46. The van der Waals surface area contributed by atoms with Crippen molar-refractivity contribution in [1.29, 1.82) is 0 Å². The summed E-state index contributed by atoms with van der Waals surface area (Å²) in [5.41, 5.74) is 4.08. The van der Waals surface area contributed by atoms with Crippen molar-refractivity contribution in [2.24, 2.45) is 5.10 Å². The van der Waals surface area contributed by atoms with Crippen LogP contribution in [0.1, 0.15) is 5.56 Å². The highest BCUT2D eigenvalue weighted by molar-refractivity contribution is 14.1. The number of nitrogens with one attached hydrogen (secondary N) is 2. The average Bonchev–Trinajstić information content (AvgIpc) is 3.03. The van der Waals surface area contributed by atoms with Crippen LogP contribution in [0, 0.1) is 3.57 Å². The van der Waals surface area contributed by atoms with Crippen LogP contribution >= 0.6 is 57.6 Å². The van der Waals surface area contributed by atoms with E-state index in [9.17, 15) is 4.79 Å². The van der Waals surface area contributed by atoms with Crippen LogP contribution in [0.2, 0.25) is 10.0 Å². The van der Waals surface area contributed by atoms with Gasteiger partial charge in [0.1, 0.15) is 0 Å². The summed E-state index contributed by atoms with van der Waals surface area (Å²) in [6.45, 7) is 0. The number of aromatic nitrogens is 3. The van der Waals surface area contributed by atoms with Gasteiger partial charge in [0.15, 0.2) is 0 Å². The molecule has 0 fully saturated rings. The van der Waals surface area contributed by atoms with Gasteiger partial charge in [0.2, 0.25) is 11.1 Å². The molecule has 0 radical (unpaired) electrons. The Hall–Kier alpha value is -2.02. The van der Waals surface area contributed by atoms with E-state index >= 15 is 0 Å². The van der Waals surface area contributed by atoms with E-state index in [2.05, 4.69) is 48.6 Å². The first kappa shape index (κ1) is 21.7. The minimum absolute atomic E-state index is 0.130. The number of nitrogens with zero attached hydrogens (tertiary/aromatic N) is 4. The molecule has 3 rings (SSSR count). The van der Waals surface area contributed by atoms with E-state index in [-0.39, 0.29) is 17.6 Å². The standard InChI is InChI=1S/C17H14Cl2IN7OS/c18-11-2-1-10(14(19)7-11)8-22-24-16-25-26-17(27(16)21)29-9-15(28)23-13-5-3-12(20)4-6-13/h1-8H,9,21H2,(H,23,28)(H,24,25)/b22-8+. The second-order valence-electron chi connectivity index (χ2n) is 5.56. The molecule has 2 aromatic carbocycles. The summed E-state index contributed by atoms with van der Waals surface area (Å²) in [4.78, 5) is 12.1. The molecule has 0 saturated heterocycles. The number of hydrogen-bond donors (Lipinski definition) is 3. The number of thioether (sulfide) groups is 1. The van der Waals surface area contributed by atoms with Crippen molar-refractivity contribution in [3.8, 4) is 0 Å². The topological polar surface area (TPSA) is 110 Å². The summed E-state index contributed by atoms with van der Waals surface area (Å²) in [5, 5.41) is 16.1. The summed E-state index contributed by atoms with van der Waals surface area (Å²) < 4.78 is 2.30. The quantitative estimate of drug-likeness (QED) is 0.132. The lowest BCUT2D eigenvalue weighted by molar-refractivity contribution is -0.113. The number of nitrogen functional groups attached to an aromatic ring is 1. The number of anilines is 2. The normalized spacial score (nSPS) is 11.0. The van der Waals surface area contributed by atoms with Crippen molar-refractivity contribution in [2.45, 2.75) is 5.16 Å². The van der Waals surface area contributed by atoms with E-state index in [1.807, 2.05) is 24.3 Å². The Bertz CT molecular complexity index is 1040. The Balaban J connectivity index is 1.54. The molecule has 3 aromatic rings.